The molecule has 8 nitrogen and oxygen atoms in total. The van der Waals surface area contributed by atoms with Gasteiger partial charge in [-0.3, -0.25) is 19.7 Å². The Morgan fingerprint density at radius 1 is 1.11 bits per heavy atom. The minimum atomic E-state index is -1.34. The van der Waals surface area contributed by atoms with Gasteiger partial charge in [-0.2, -0.15) is 0 Å². The summed E-state index contributed by atoms with van der Waals surface area (Å²) < 4.78 is 0. The lowest BCUT2D eigenvalue weighted by molar-refractivity contribution is -0.115. The highest BCUT2D eigenvalue weighted by Crippen LogP contribution is 2.27. The Labute approximate surface area is 156 Å². The van der Waals surface area contributed by atoms with E-state index in [9.17, 15) is 29.4 Å². The zero-order valence-corrected chi connectivity index (χ0v) is 14.4. The smallest absolute Gasteiger partial charge is 0.336 e. The predicted molar refractivity (Wildman–Crippen MR) is 98.6 cm³/mol. The third-order valence-electron chi connectivity index (χ3n) is 3.58. The Morgan fingerprint density at radius 2 is 1.85 bits per heavy atom. The molecule has 0 radical (unpaired) electrons. The predicted octanol–water partition coefficient (Wildman–Crippen LogP) is 2.67. The van der Waals surface area contributed by atoms with Crippen LogP contribution in [0.2, 0.25) is 0 Å². The van der Waals surface area contributed by atoms with Gasteiger partial charge in [-0.15, -0.1) is 0 Å². The summed E-state index contributed by atoms with van der Waals surface area (Å²) in [5, 5.41) is 23.3. The van der Waals surface area contributed by atoms with Crippen LogP contribution < -0.4 is 10.6 Å². The lowest BCUT2D eigenvalue weighted by Gasteiger charge is -2.10. The van der Waals surface area contributed by atoms with Crippen molar-refractivity contribution in [2.75, 3.05) is 5.32 Å². The molecule has 0 bridgehead atoms. The van der Waals surface area contributed by atoms with Gasteiger partial charge in [0.25, 0.3) is 17.1 Å². The number of imide groups is 1. The number of aromatic hydroxyl groups is 1. The maximum atomic E-state index is 12.4. The zero-order chi connectivity index (χ0) is 19.6. The first kappa shape index (κ1) is 18.2. The molecular formula is C18H12N2O6S. The van der Waals surface area contributed by atoms with Crippen molar-refractivity contribution in [3.63, 3.8) is 0 Å². The fourth-order valence-corrected chi connectivity index (χ4v) is 3.11. The van der Waals surface area contributed by atoms with Crippen molar-refractivity contribution in [1.29, 1.82) is 0 Å². The highest BCUT2D eigenvalue weighted by atomic mass is 32.2. The van der Waals surface area contributed by atoms with E-state index in [1.165, 1.54) is 24.3 Å². The van der Waals surface area contributed by atoms with Gasteiger partial charge >= 0.3 is 5.97 Å². The van der Waals surface area contributed by atoms with Gasteiger partial charge in [0.05, 0.1) is 16.0 Å². The Balaban J connectivity index is 1.87. The van der Waals surface area contributed by atoms with Gasteiger partial charge in [-0.05, 0) is 47.7 Å². The van der Waals surface area contributed by atoms with Crippen LogP contribution in [0, 0.1) is 0 Å². The van der Waals surface area contributed by atoms with E-state index >= 15 is 0 Å². The second kappa shape index (κ2) is 7.34. The second-order valence-electron chi connectivity index (χ2n) is 5.44. The Kier molecular flexibility index (Phi) is 4.95. The molecule has 9 heteroatoms. The molecule has 1 saturated heterocycles. The molecular weight excluding hydrogens is 372 g/mol. The van der Waals surface area contributed by atoms with Gasteiger partial charge in [0.1, 0.15) is 5.75 Å². The van der Waals surface area contributed by atoms with Crippen LogP contribution in [0.25, 0.3) is 6.08 Å². The summed E-state index contributed by atoms with van der Waals surface area (Å²) in [6.45, 7) is 0. The lowest BCUT2D eigenvalue weighted by Crippen LogP contribution is -2.17. The zero-order valence-electron chi connectivity index (χ0n) is 13.6. The molecule has 0 aliphatic carbocycles. The third kappa shape index (κ3) is 3.98. The fourth-order valence-electron chi connectivity index (χ4n) is 2.43. The number of nitrogens with one attached hydrogen (secondary N) is 2. The number of carboxylic acid groups (broad SMARTS) is 1. The van der Waals surface area contributed by atoms with Crippen LogP contribution in [0.4, 0.5) is 10.5 Å². The van der Waals surface area contributed by atoms with Crippen LogP contribution in [-0.2, 0) is 4.79 Å². The van der Waals surface area contributed by atoms with E-state index in [-0.39, 0.29) is 16.0 Å². The molecule has 1 aliphatic heterocycles. The van der Waals surface area contributed by atoms with Crippen molar-refractivity contribution in [3.05, 3.63) is 64.1 Å². The fraction of sp³-hybridized carbons (Fsp3) is 0. The first-order valence-corrected chi connectivity index (χ1v) is 8.38. The summed E-state index contributed by atoms with van der Waals surface area (Å²) in [6.07, 6.45) is 1.49. The van der Waals surface area contributed by atoms with Gasteiger partial charge < -0.3 is 15.5 Å². The van der Waals surface area contributed by atoms with Crippen molar-refractivity contribution >= 4 is 46.5 Å². The summed E-state index contributed by atoms with van der Waals surface area (Å²) in [4.78, 5) is 46.7. The van der Waals surface area contributed by atoms with Gasteiger partial charge in [0.2, 0.25) is 0 Å². The van der Waals surface area contributed by atoms with Crippen molar-refractivity contribution < 1.29 is 29.4 Å². The molecule has 27 heavy (non-hydrogen) atoms. The van der Waals surface area contributed by atoms with E-state index < -0.39 is 28.8 Å². The number of anilines is 1. The van der Waals surface area contributed by atoms with E-state index in [0.717, 1.165) is 11.8 Å². The summed E-state index contributed by atoms with van der Waals surface area (Å²) in [5.74, 6) is -3.09. The number of hydrogen-bond acceptors (Lipinski definition) is 6. The number of rotatable bonds is 4. The highest BCUT2D eigenvalue weighted by Gasteiger charge is 2.25. The normalized spacial score (nSPS) is 14.9. The molecule has 1 fully saturated rings. The quantitative estimate of drug-likeness (QED) is 0.596. The number of carbonyl (C=O) groups excluding carboxylic acids is 3. The number of carboxylic acids is 1. The molecule has 0 spiro atoms. The van der Waals surface area contributed by atoms with Gasteiger partial charge in [0, 0.05) is 5.69 Å². The van der Waals surface area contributed by atoms with Crippen LogP contribution in [-0.4, -0.2) is 33.2 Å². The molecule has 1 heterocycles. The van der Waals surface area contributed by atoms with Crippen molar-refractivity contribution in [2.45, 2.75) is 0 Å². The minimum Gasteiger partial charge on any atom is -0.507 e. The maximum absolute atomic E-state index is 12.4. The number of carbonyl (C=O) groups is 4. The number of aromatic carboxylic acids is 1. The van der Waals surface area contributed by atoms with Crippen LogP contribution >= 0.6 is 11.8 Å². The summed E-state index contributed by atoms with van der Waals surface area (Å²) in [7, 11) is 0. The van der Waals surface area contributed by atoms with Gasteiger partial charge in [0.15, 0.2) is 0 Å². The number of amides is 3. The molecule has 0 atom stereocenters. The molecule has 0 saturated carbocycles. The van der Waals surface area contributed by atoms with Gasteiger partial charge in [-0.1, -0.05) is 18.2 Å². The van der Waals surface area contributed by atoms with E-state index in [2.05, 4.69) is 10.6 Å². The topological polar surface area (TPSA) is 133 Å². The average molecular weight is 384 g/mol. The molecule has 0 unspecified atom stereocenters. The summed E-state index contributed by atoms with van der Waals surface area (Å²) in [6, 6.07) is 10.1. The number of benzene rings is 2. The largest absolute Gasteiger partial charge is 0.507 e. The first-order chi connectivity index (χ1) is 12.8. The second-order valence-corrected chi connectivity index (χ2v) is 6.45. The Hall–Kier alpha value is -3.59. The van der Waals surface area contributed by atoms with Crippen LogP contribution in [0.3, 0.4) is 0 Å². The molecule has 2 aromatic carbocycles. The lowest BCUT2D eigenvalue weighted by atomic mass is 10.1. The van der Waals surface area contributed by atoms with Crippen LogP contribution in [0.5, 0.6) is 5.75 Å². The molecule has 1 aliphatic rings. The molecule has 2 aromatic rings. The van der Waals surface area contributed by atoms with Crippen molar-refractivity contribution in [2.24, 2.45) is 0 Å². The molecule has 3 rings (SSSR count). The van der Waals surface area contributed by atoms with E-state index in [1.807, 2.05) is 0 Å². The summed E-state index contributed by atoms with van der Waals surface area (Å²) in [5.41, 5.74) is 0.188. The monoisotopic (exact) mass is 384 g/mol. The van der Waals surface area contributed by atoms with E-state index in [1.54, 1.807) is 24.3 Å². The number of thioether (sulfide) groups is 1. The van der Waals surface area contributed by atoms with Crippen LogP contribution in [0.1, 0.15) is 26.3 Å². The number of hydrogen-bond donors (Lipinski definition) is 4. The number of phenolic OH excluding ortho intramolecular Hbond substituents is 1. The van der Waals surface area contributed by atoms with Gasteiger partial charge in [-0.25, -0.2) is 4.79 Å². The number of phenols is 1. The maximum Gasteiger partial charge on any atom is 0.336 e. The third-order valence-corrected chi connectivity index (χ3v) is 4.39. The SMILES string of the molecule is O=C1NC(=O)/C(=C/c2cccc(NC(=O)c3c(O)cccc3C(=O)O)c2)S1. The Morgan fingerprint density at radius 3 is 2.52 bits per heavy atom. The minimum absolute atomic E-state index is 0.220. The molecule has 3 amide bonds. The van der Waals surface area contributed by atoms with Crippen LogP contribution in [0.15, 0.2) is 47.4 Å². The van der Waals surface area contributed by atoms with E-state index in [4.69, 9.17) is 0 Å². The average Bonchev–Trinajstić information content (AvgIpc) is 2.91. The first-order valence-electron chi connectivity index (χ1n) is 7.56. The molecule has 0 aromatic heterocycles. The highest BCUT2D eigenvalue weighted by molar-refractivity contribution is 8.18. The van der Waals surface area contributed by atoms with Crippen molar-refractivity contribution in [3.8, 4) is 5.75 Å². The Bertz CT molecular complexity index is 1010. The van der Waals surface area contributed by atoms with E-state index in [0.29, 0.717) is 11.3 Å². The summed E-state index contributed by atoms with van der Waals surface area (Å²) >= 11 is 0.768. The molecule has 4 N–H and O–H groups in total. The molecule has 136 valence electrons. The van der Waals surface area contributed by atoms with Crippen molar-refractivity contribution in [1.82, 2.24) is 5.32 Å². The standard InChI is InChI=1S/C18H12N2O6S/c21-12-6-2-5-11(17(24)25)14(12)16(23)19-10-4-1-3-9(7-10)8-13-15(22)20-18(26)27-13/h1-8,21H,(H,19,23)(H,24,25)(H,20,22,26)/b13-8-.